The molecule has 0 amide bonds. The van der Waals surface area contributed by atoms with Crippen LogP contribution in [0.5, 0.6) is 0 Å². The SMILES string of the molecule is CNCCCCS(=O)(=O)c1ccccc1Cl. The van der Waals surface area contributed by atoms with E-state index < -0.39 is 9.84 Å². The molecule has 1 rings (SSSR count). The molecule has 1 aromatic carbocycles. The van der Waals surface area contributed by atoms with Gasteiger partial charge in [-0.25, -0.2) is 8.42 Å². The Morgan fingerprint density at radius 3 is 2.56 bits per heavy atom. The van der Waals surface area contributed by atoms with Crippen LogP contribution in [0.4, 0.5) is 0 Å². The number of sulfone groups is 1. The molecule has 0 radical (unpaired) electrons. The third-order valence-electron chi connectivity index (χ3n) is 2.26. The van der Waals surface area contributed by atoms with E-state index in [0.717, 1.165) is 13.0 Å². The Bertz CT molecular complexity index is 431. The van der Waals surface area contributed by atoms with Crippen LogP contribution >= 0.6 is 11.6 Å². The van der Waals surface area contributed by atoms with E-state index in [2.05, 4.69) is 5.32 Å². The molecule has 5 heteroatoms. The van der Waals surface area contributed by atoms with Crippen LogP contribution in [0.1, 0.15) is 12.8 Å². The molecule has 0 saturated carbocycles. The molecule has 0 saturated heterocycles. The molecule has 0 atom stereocenters. The Labute approximate surface area is 102 Å². The van der Waals surface area contributed by atoms with Crippen molar-refractivity contribution in [2.24, 2.45) is 0 Å². The first kappa shape index (κ1) is 13.5. The lowest BCUT2D eigenvalue weighted by atomic mass is 10.3. The van der Waals surface area contributed by atoms with Gasteiger partial charge < -0.3 is 5.32 Å². The highest BCUT2D eigenvalue weighted by molar-refractivity contribution is 7.91. The maximum atomic E-state index is 11.9. The summed E-state index contributed by atoms with van der Waals surface area (Å²) in [6, 6.07) is 6.56. The van der Waals surface area contributed by atoms with Crippen LogP contribution in [-0.2, 0) is 9.84 Å². The lowest BCUT2D eigenvalue weighted by molar-refractivity contribution is 0.590. The molecule has 0 fully saturated rings. The van der Waals surface area contributed by atoms with Crippen molar-refractivity contribution in [3.63, 3.8) is 0 Å². The largest absolute Gasteiger partial charge is 0.320 e. The number of benzene rings is 1. The summed E-state index contributed by atoms with van der Waals surface area (Å²) in [6.45, 7) is 0.831. The molecule has 3 nitrogen and oxygen atoms in total. The molecule has 1 aromatic rings. The molecule has 0 unspecified atom stereocenters. The minimum absolute atomic E-state index is 0.151. The lowest BCUT2D eigenvalue weighted by Crippen LogP contribution is -2.12. The molecular formula is C11H16ClNO2S. The highest BCUT2D eigenvalue weighted by atomic mass is 35.5. The summed E-state index contributed by atoms with van der Waals surface area (Å²) < 4.78 is 23.8. The molecule has 16 heavy (non-hydrogen) atoms. The summed E-state index contributed by atoms with van der Waals surface area (Å²) in [6.07, 6.45) is 1.49. The second-order valence-corrected chi connectivity index (χ2v) is 6.04. The van der Waals surface area contributed by atoms with Gasteiger partial charge in [0.05, 0.1) is 15.7 Å². The van der Waals surface area contributed by atoms with E-state index in [0.29, 0.717) is 11.4 Å². The van der Waals surface area contributed by atoms with Crippen LogP contribution in [0.2, 0.25) is 5.02 Å². The van der Waals surface area contributed by atoms with Crippen LogP contribution in [0.3, 0.4) is 0 Å². The van der Waals surface area contributed by atoms with Crippen LogP contribution in [0.25, 0.3) is 0 Å². The molecule has 0 spiro atoms. The van der Waals surface area contributed by atoms with Crippen LogP contribution in [-0.4, -0.2) is 27.8 Å². The summed E-state index contributed by atoms with van der Waals surface area (Å²) in [5.74, 6) is 0.151. The zero-order chi connectivity index (χ0) is 12.0. The fourth-order valence-electron chi connectivity index (χ4n) is 1.40. The van der Waals surface area contributed by atoms with Crippen LogP contribution < -0.4 is 5.32 Å². The number of hydrogen-bond acceptors (Lipinski definition) is 3. The van der Waals surface area contributed by atoms with Gasteiger partial charge in [-0.2, -0.15) is 0 Å². The van der Waals surface area contributed by atoms with Crippen molar-refractivity contribution in [2.75, 3.05) is 19.3 Å². The maximum absolute atomic E-state index is 11.9. The van der Waals surface area contributed by atoms with E-state index in [9.17, 15) is 8.42 Å². The Morgan fingerprint density at radius 2 is 1.94 bits per heavy atom. The van der Waals surface area contributed by atoms with Gasteiger partial charge in [-0.3, -0.25) is 0 Å². The van der Waals surface area contributed by atoms with Gasteiger partial charge in [0, 0.05) is 0 Å². The summed E-state index contributed by atoms with van der Waals surface area (Å²) in [7, 11) is -1.38. The van der Waals surface area contributed by atoms with E-state index in [1.54, 1.807) is 24.3 Å². The lowest BCUT2D eigenvalue weighted by Gasteiger charge is -2.05. The minimum Gasteiger partial charge on any atom is -0.320 e. The predicted molar refractivity (Wildman–Crippen MR) is 66.7 cm³/mol. The summed E-state index contributed by atoms with van der Waals surface area (Å²) in [4.78, 5) is 0.237. The first-order chi connectivity index (χ1) is 7.58. The van der Waals surface area contributed by atoms with Crippen LogP contribution in [0, 0.1) is 0 Å². The average Bonchev–Trinajstić information content (AvgIpc) is 2.25. The standard InChI is InChI=1S/C11H16ClNO2S/c1-13-8-4-5-9-16(14,15)11-7-3-2-6-10(11)12/h2-3,6-7,13H,4-5,8-9H2,1H3. The number of hydrogen-bond donors (Lipinski definition) is 1. The van der Waals surface area contributed by atoms with Gasteiger partial charge in [0.25, 0.3) is 0 Å². The quantitative estimate of drug-likeness (QED) is 0.798. The second kappa shape index (κ2) is 6.23. The molecule has 0 aliphatic carbocycles. The Hall–Kier alpha value is -0.580. The molecule has 0 aliphatic rings. The molecule has 0 heterocycles. The Morgan fingerprint density at radius 1 is 1.25 bits per heavy atom. The normalized spacial score (nSPS) is 11.6. The number of unbranched alkanes of at least 4 members (excludes halogenated alkanes) is 1. The highest BCUT2D eigenvalue weighted by Crippen LogP contribution is 2.22. The maximum Gasteiger partial charge on any atom is 0.179 e. The fraction of sp³-hybridized carbons (Fsp3) is 0.455. The van der Waals surface area contributed by atoms with Crippen LogP contribution in [0.15, 0.2) is 29.2 Å². The molecule has 0 aliphatic heterocycles. The zero-order valence-electron chi connectivity index (χ0n) is 9.24. The molecule has 90 valence electrons. The van der Waals surface area contributed by atoms with Gasteiger partial charge >= 0.3 is 0 Å². The van der Waals surface area contributed by atoms with Crippen molar-refractivity contribution < 1.29 is 8.42 Å². The zero-order valence-corrected chi connectivity index (χ0v) is 10.8. The first-order valence-electron chi connectivity index (χ1n) is 5.20. The van der Waals surface area contributed by atoms with E-state index in [4.69, 9.17) is 11.6 Å². The molecule has 1 N–H and O–H groups in total. The van der Waals surface area contributed by atoms with Gasteiger partial charge in [0.2, 0.25) is 0 Å². The molecular weight excluding hydrogens is 246 g/mol. The van der Waals surface area contributed by atoms with Crippen molar-refractivity contribution in [1.82, 2.24) is 5.32 Å². The van der Waals surface area contributed by atoms with Gasteiger partial charge in [-0.05, 0) is 38.6 Å². The monoisotopic (exact) mass is 261 g/mol. The van der Waals surface area contributed by atoms with Crippen molar-refractivity contribution >= 4 is 21.4 Å². The summed E-state index contributed by atoms with van der Waals surface area (Å²) in [5, 5.41) is 3.29. The van der Waals surface area contributed by atoms with Crippen molar-refractivity contribution in [1.29, 1.82) is 0 Å². The fourth-order valence-corrected chi connectivity index (χ4v) is 3.34. The first-order valence-corrected chi connectivity index (χ1v) is 7.23. The van der Waals surface area contributed by atoms with Gasteiger partial charge in [0.1, 0.15) is 0 Å². The topological polar surface area (TPSA) is 46.2 Å². The highest BCUT2D eigenvalue weighted by Gasteiger charge is 2.16. The van der Waals surface area contributed by atoms with Gasteiger partial charge in [-0.1, -0.05) is 23.7 Å². The Kier molecular flexibility index (Phi) is 5.25. The predicted octanol–water partition coefficient (Wildman–Crippen LogP) is 2.11. The molecule has 0 aromatic heterocycles. The average molecular weight is 262 g/mol. The van der Waals surface area contributed by atoms with Gasteiger partial charge in [-0.15, -0.1) is 0 Å². The minimum atomic E-state index is -3.23. The van der Waals surface area contributed by atoms with E-state index in [1.807, 2.05) is 7.05 Å². The third-order valence-corrected chi connectivity index (χ3v) is 4.56. The smallest absolute Gasteiger partial charge is 0.179 e. The van der Waals surface area contributed by atoms with Crippen molar-refractivity contribution in [2.45, 2.75) is 17.7 Å². The van der Waals surface area contributed by atoms with E-state index in [-0.39, 0.29) is 10.6 Å². The summed E-state index contributed by atoms with van der Waals surface area (Å²) >= 11 is 5.86. The number of halogens is 1. The van der Waals surface area contributed by atoms with E-state index >= 15 is 0 Å². The molecule has 0 bridgehead atoms. The third kappa shape index (κ3) is 3.77. The van der Waals surface area contributed by atoms with Crippen molar-refractivity contribution in [3.8, 4) is 0 Å². The second-order valence-electron chi connectivity index (χ2n) is 3.56. The number of rotatable bonds is 6. The Balaban J connectivity index is 2.68. The van der Waals surface area contributed by atoms with Gasteiger partial charge in [0.15, 0.2) is 9.84 Å². The number of nitrogens with one attached hydrogen (secondary N) is 1. The van der Waals surface area contributed by atoms with Crippen molar-refractivity contribution in [3.05, 3.63) is 29.3 Å². The van der Waals surface area contributed by atoms with E-state index in [1.165, 1.54) is 0 Å². The summed E-state index contributed by atoms with van der Waals surface area (Å²) in [5.41, 5.74) is 0.